The summed E-state index contributed by atoms with van der Waals surface area (Å²) >= 11 is 0. The molecule has 9 heteroatoms. The minimum atomic E-state index is -0.486. The van der Waals surface area contributed by atoms with E-state index in [0.717, 1.165) is 45.0 Å². The van der Waals surface area contributed by atoms with Crippen molar-refractivity contribution in [2.45, 2.75) is 19.6 Å². The minimum absolute atomic E-state index is 0.0855. The number of fused-ring (bicyclic) bond motifs is 3. The molecule has 0 aromatic carbocycles. The second kappa shape index (κ2) is 7.75. The quantitative estimate of drug-likeness (QED) is 0.509. The Morgan fingerprint density at radius 1 is 1.37 bits per heavy atom. The fourth-order valence-corrected chi connectivity index (χ4v) is 3.56. The van der Waals surface area contributed by atoms with Crippen molar-refractivity contribution < 1.29 is 9.53 Å². The summed E-state index contributed by atoms with van der Waals surface area (Å²) in [5.74, 6) is 0.637. The molecule has 4 aromatic heterocycles. The summed E-state index contributed by atoms with van der Waals surface area (Å²) in [5, 5.41) is 4.09. The van der Waals surface area contributed by atoms with Crippen molar-refractivity contribution in [3.63, 3.8) is 0 Å². The van der Waals surface area contributed by atoms with E-state index in [1.165, 1.54) is 7.11 Å². The van der Waals surface area contributed by atoms with Gasteiger partial charge in [0.1, 0.15) is 17.3 Å². The van der Waals surface area contributed by atoms with E-state index in [1.807, 2.05) is 42.9 Å². The van der Waals surface area contributed by atoms with E-state index in [0.29, 0.717) is 6.54 Å². The zero-order chi connectivity index (χ0) is 21.4. The molecule has 30 heavy (non-hydrogen) atoms. The van der Waals surface area contributed by atoms with E-state index in [1.54, 1.807) is 25.2 Å². The lowest BCUT2D eigenvalue weighted by atomic mass is 10.2. The highest BCUT2D eigenvalue weighted by atomic mass is 16.5. The third-order valence-corrected chi connectivity index (χ3v) is 5.23. The lowest BCUT2D eigenvalue weighted by Gasteiger charge is -2.20. The molecule has 0 unspecified atom stereocenters. The van der Waals surface area contributed by atoms with Crippen LogP contribution >= 0.6 is 0 Å². The zero-order valence-electron chi connectivity index (χ0n) is 17.7. The summed E-state index contributed by atoms with van der Waals surface area (Å²) in [4.78, 5) is 31.2. The van der Waals surface area contributed by atoms with Crippen LogP contribution in [-0.2, 0) is 23.1 Å². The minimum Gasteiger partial charge on any atom is -0.372 e. The van der Waals surface area contributed by atoms with Crippen LogP contribution in [0.4, 0.5) is 5.82 Å². The van der Waals surface area contributed by atoms with Gasteiger partial charge in [0, 0.05) is 33.6 Å². The number of nitrogens with one attached hydrogen (secondary N) is 2. The SMILES string of the molecule is CNc1nc2[nH]c(-c3cccc(CN(C)C(=O)[C@@H](C)OC)n3)cc2c2c1ncn2C. The maximum atomic E-state index is 12.3. The van der Waals surface area contributed by atoms with Crippen LogP contribution < -0.4 is 5.32 Å². The van der Waals surface area contributed by atoms with Crippen LogP contribution in [0.25, 0.3) is 33.5 Å². The number of aromatic amines is 1. The van der Waals surface area contributed by atoms with Crippen LogP contribution in [-0.4, -0.2) is 62.6 Å². The van der Waals surface area contributed by atoms with Gasteiger partial charge in [0.25, 0.3) is 5.91 Å². The molecule has 0 saturated heterocycles. The molecule has 0 bridgehead atoms. The number of aryl methyl sites for hydroxylation is 1. The fraction of sp³-hybridized carbons (Fsp3) is 0.333. The molecular formula is C21H25N7O2. The number of carbonyl (C=O) groups is 1. The van der Waals surface area contributed by atoms with Crippen molar-refractivity contribution in [2.24, 2.45) is 7.05 Å². The highest BCUT2D eigenvalue weighted by Gasteiger charge is 2.18. The number of imidazole rings is 1. The first-order valence-corrected chi connectivity index (χ1v) is 9.68. The molecule has 0 spiro atoms. The lowest BCUT2D eigenvalue weighted by Crippen LogP contribution is -2.35. The second-order valence-corrected chi connectivity index (χ2v) is 7.29. The van der Waals surface area contributed by atoms with Gasteiger partial charge in [0.15, 0.2) is 5.82 Å². The molecule has 9 nitrogen and oxygen atoms in total. The number of amides is 1. The van der Waals surface area contributed by atoms with Crippen molar-refractivity contribution in [3.8, 4) is 11.4 Å². The number of hydrogen-bond acceptors (Lipinski definition) is 6. The van der Waals surface area contributed by atoms with Crippen molar-refractivity contribution >= 4 is 33.8 Å². The van der Waals surface area contributed by atoms with Gasteiger partial charge in [-0.3, -0.25) is 4.79 Å². The number of anilines is 1. The Kier molecular flexibility index (Phi) is 5.13. The molecule has 4 aromatic rings. The molecule has 4 heterocycles. The number of carbonyl (C=O) groups excluding carboxylic acids is 1. The van der Waals surface area contributed by atoms with Gasteiger partial charge in [-0.15, -0.1) is 0 Å². The van der Waals surface area contributed by atoms with Gasteiger partial charge < -0.3 is 24.5 Å². The van der Waals surface area contributed by atoms with Gasteiger partial charge in [-0.2, -0.15) is 0 Å². The Morgan fingerprint density at radius 3 is 2.90 bits per heavy atom. The highest BCUT2D eigenvalue weighted by Crippen LogP contribution is 2.31. The van der Waals surface area contributed by atoms with E-state index >= 15 is 0 Å². The number of aromatic nitrogens is 5. The Morgan fingerprint density at radius 2 is 2.17 bits per heavy atom. The van der Waals surface area contributed by atoms with Gasteiger partial charge >= 0.3 is 0 Å². The van der Waals surface area contributed by atoms with Crippen LogP contribution in [0.3, 0.4) is 0 Å². The molecule has 4 rings (SSSR count). The van der Waals surface area contributed by atoms with E-state index in [9.17, 15) is 4.79 Å². The molecule has 0 aliphatic rings. The Bertz CT molecular complexity index is 1230. The molecule has 1 atom stereocenters. The van der Waals surface area contributed by atoms with E-state index in [2.05, 4.69) is 20.3 Å². The monoisotopic (exact) mass is 407 g/mol. The van der Waals surface area contributed by atoms with Gasteiger partial charge in [0.05, 0.1) is 35.5 Å². The number of likely N-dealkylation sites (N-methyl/N-ethyl adjacent to an activating group) is 1. The summed E-state index contributed by atoms with van der Waals surface area (Å²) in [5.41, 5.74) is 5.02. The summed E-state index contributed by atoms with van der Waals surface area (Å²) in [7, 11) is 7.07. The molecule has 156 valence electrons. The first kappa shape index (κ1) is 19.8. The molecule has 0 fully saturated rings. The largest absolute Gasteiger partial charge is 0.372 e. The van der Waals surface area contributed by atoms with Gasteiger partial charge in [0.2, 0.25) is 0 Å². The molecule has 0 saturated carbocycles. The molecular weight excluding hydrogens is 382 g/mol. The first-order chi connectivity index (χ1) is 14.4. The lowest BCUT2D eigenvalue weighted by molar-refractivity contribution is -0.140. The number of hydrogen-bond donors (Lipinski definition) is 2. The van der Waals surface area contributed by atoms with Crippen LogP contribution in [0.1, 0.15) is 12.6 Å². The summed E-state index contributed by atoms with van der Waals surface area (Å²) < 4.78 is 7.10. The number of H-pyrrole nitrogens is 1. The summed E-state index contributed by atoms with van der Waals surface area (Å²) in [6, 6.07) is 7.82. The number of rotatable bonds is 6. The average Bonchev–Trinajstić information content (AvgIpc) is 3.35. The number of nitrogens with zero attached hydrogens (tertiary/aromatic N) is 5. The Hall–Kier alpha value is -3.46. The van der Waals surface area contributed by atoms with Gasteiger partial charge in [-0.05, 0) is 25.1 Å². The molecule has 0 radical (unpaired) electrons. The number of methoxy groups -OCH3 is 1. The van der Waals surface area contributed by atoms with E-state index in [4.69, 9.17) is 9.72 Å². The normalized spacial score (nSPS) is 12.4. The van der Waals surface area contributed by atoms with Crippen LogP contribution in [0.2, 0.25) is 0 Å². The molecule has 0 aliphatic carbocycles. The van der Waals surface area contributed by atoms with Gasteiger partial charge in [-0.1, -0.05) is 6.07 Å². The number of pyridine rings is 2. The predicted octanol–water partition coefficient (Wildman–Crippen LogP) is 2.55. The van der Waals surface area contributed by atoms with Gasteiger partial charge in [-0.25, -0.2) is 15.0 Å². The first-order valence-electron chi connectivity index (χ1n) is 9.68. The summed E-state index contributed by atoms with van der Waals surface area (Å²) in [6.07, 6.45) is 1.30. The van der Waals surface area contributed by atoms with Crippen LogP contribution in [0, 0.1) is 0 Å². The highest BCUT2D eigenvalue weighted by molar-refractivity contribution is 6.07. The standard InChI is InChI=1S/C21H25N7O2/c1-12(30-5)21(29)27(3)10-13-7-6-8-15(24-13)16-9-14-18-17(23-11-28(18)4)20(22-2)26-19(14)25-16/h6-9,11-12H,10H2,1-5H3,(H2,22,25,26)/t12-/m1/s1. The smallest absolute Gasteiger partial charge is 0.251 e. The third-order valence-electron chi connectivity index (χ3n) is 5.23. The fourth-order valence-electron chi connectivity index (χ4n) is 3.56. The maximum absolute atomic E-state index is 12.3. The van der Waals surface area contributed by atoms with Crippen molar-refractivity contribution in [1.29, 1.82) is 0 Å². The van der Waals surface area contributed by atoms with Crippen LogP contribution in [0.15, 0.2) is 30.6 Å². The third kappa shape index (κ3) is 3.37. The maximum Gasteiger partial charge on any atom is 0.251 e. The van der Waals surface area contributed by atoms with Crippen molar-refractivity contribution in [2.75, 3.05) is 26.5 Å². The summed E-state index contributed by atoms with van der Waals surface area (Å²) in [6.45, 7) is 2.13. The van der Waals surface area contributed by atoms with E-state index < -0.39 is 6.10 Å². The predicted molar refractivity (Wildman–Crippen MR) is 116 cm³/mol. The van der Waals surface area contributed by atoms with E-state index in [-0.39, 0.29) is 5.91 Å². The van der Waals surface area contributed by atoms with Crippen molar-refractivity contribution in [1.82, 2.24) is 29.4 Å². The average molecular weight is 407 g/mol. The Balaban J connectivity index is 1.71. The number of ether oxygens (including phenoxy) is 1. The molecule has 1 amide bonds. The van der Waals surface area contributed by atoms with Crippen LogP contribution in [0.5, 0.6) is 0 Å². The molecule has 2 N–H and O–H groups in total. The van der Waals surface area contributed by atoms with Crippen molar-refractivity contribution in [3.05, 3.63) is 36.3 Å². The Labute approximate surface area is 174 Å². The molecule has 0 aliphatic heterocycles. The zero-order valence-corrected chi connectivity index (χ0v) is 17.7. The topological polar surface area (TPSA) is 101 Å². The second-order valence-electron chi connectivity index (χ2n) is 7.29.